The molecule has 2 aliphatic heterocycles. The highest BCUT2D eigenvalue weighted by molar-refractivity contribution is 8.00. The van der Waals surface area contributed by atoms with E-state index < -0.39 is 0 Å². The summed E-state index contributed by atoms with van der Waals surface area (Å²) in [5.74, 6) is 1.66. The average molecular weight is 257 g/mol. The third kappa shape index (κ3) is 3.35. The molecule has 2 unspecified atom stereocenters. The molecule has 2 heterocycles. The van der Waals surface area contributed by atoms with Crippen molar-refractivity contribution in [1.82, 2.24) is 15.5 Å². The Morgan fingerprint density at radius 2 is 2.47 bits per heavy atom. The number of carbonyl (C=O) groups is 2. The van der Waals surface area contributed by atoms with Crippen molar-refractivity contribution in [3.63, 3.8) is 0 Å². The second kappa shape index (κ2) is 5.73. The Bertz CT molecular complexity index is 311. The first-order valence-electron chi connectivity index (χ1n) is 6.02. The Labute approximate surface area is 106 Å². The van der Waals surface area contributed by atoms with Gasteiger partial charge in [0.2, 0.25) is 11.8 Å². The maximum atomic E-state index is 11.8. The number of nitrogens with zero attached hydrogens (tertiary/aromatic N) is 1. The van der Waals surface area contributed by atoms with Crippen molar-refractivity contribution in [1.29, 1.82) is 0 Å². The lowest BCUT2D eigenvalue weighted by Gasteiger charge is -2.30. The zero-order chi connectivity index (χ0) is 12.3. The van der Waals surface area contributed by atoms with Gasteiger partial charge in [-0.05, 0) is 25.4 Å². The van der Waals surface area contributed by atoms with Crippen molar-refractivity contribution in [3.8, 4) is 0 Å². The standard InChI is InChI=1S/C11H19N3O2S/c1-8-4-12-3-2-9(8)13-10(15)5-14-7-17-6-11(14)16/h8-9,12H,2-7H2,1H3,(H,13,15). The van der Waals surface area contributed by atoms with Gasteiger partial charge in [-0.3, -0.25) is 9.59 Å². The van der Waals surface area contributed by atoms with Gasteiger partial charge in [-0.25, -0.2) is 0 Å². The highest BCUT2D eigenvalue weighted by Gasteiger charge is 2.26. The van der Waals surface area contributed by atoms with Gasteiger partial charge < -0.3 is 15.5 Å². The molecule has 0 bridgehead atoms. The smallest absolute Gasteiger partial charge is 0.239 e. The van der Waals surface area contributed by atoms with Crippen molar-refractivity contribution in [3.05, 3.63) is 0 Å². The molecule has 2 amide bonds. The molecule has 0 aromatic rings. The minimum absolute atomic E-state index is 0.0281. The van der Waals surface area contributed by atoms with E-state index in [-0.39, 0.29) is 24.4 Å². The number of carbonyl (C=O) groups excluding carboxylic acids is 2. The number of hydrogen-bond acceptors (Lipinski definition) is 4. The first-order chi connectivity index (χ1) is 8.16. The third-order valence-corrected chi connectivity index (χ3v) is 4.24. The van der Waals surface area contributed by atoms with Gasteiger partial charge in [0.15, 0.2) is 0 Å². The number of amides is 2. The van der Waals surface area contributed by atoms with Crippen LogP contribution in [0.5, 0.6) is 0 Å². The van der Waals surface area contributed by atoms with Crippen LogP contribution in [-0.4, -0.2) is 54.0 Å². The highest BCUT2D eigenvalue weighted by Crippen LogP contribution is 2.14. The second-order valence-corrected chi connectivity index (χ2v) is 5.67. The van der Waals surface area contributed by atoms with Gasteiger partial charge in [0.05, 0.1) is 11.6 Å². The van der Waals surface area contributed by atoms with Crippen LogP contribution in [0.4, 0.5) is 0 Å². The van der Waals surface area contributed by atoms with Gasteiger partial charge in [0.1, 0.15) is 6.54 Å². The Morgan fingerprint density at radius 3 is 3.12 bits per heavy atom. The van der Waals surface area contributed by atoms with Gasteiger partial charge in [-0.1, -0.05) is 6.92 Å². The molecule has 0 spiro atoms. The summed E-state index contributed by atoms with van der Waals surface area (Å²) in [5, 5.41) is 6.33. The zero-order valence-electron chi connectivity index (χ0n) is 10.1. The topological polar surface area (TPSA) is 61.4 Å². The van der Waals surface area contributed by atoms with E-state index in [9.17, 15) is 9.59 Å². The minimum atomic E-state index is -0.0281. The number of rotatable bonds is 3. The van der Waals surface area contributed by atoms with Crippen molar-refractivity contribution >= 4 is 23.6 Å². The second-order valence-electron chi connectivity index (χ2n) is 4.71. The summed E-state index contributed by atoms with van der Waals surface area (Å²) in [5.41, 5.74) is 0. The zero-order valence-corrected chi connectivity index (χ0v) is 10.9. The SMILES string of the molecule is CC1CNCCC1NC(=O)CN1CSCC1=O. The summed E-state index contributed by atoms with van der Waals surface area (Å²) in [4.78, 5) is 24.8. The van der Waals surface area contributed by atoms with Crippen LogP contribution >= 0.6 is 11.8 Å². The monoisotopic (exact) mass is 257 g/mol. The van der Waals surface area contributed by atoms with Crippen LogP contribution in [0, 0.1) is 5.92 Å². The third-order valence-electron chi connectivity index (χ3n) is 3.29. The summed E-state index contributed by atoms with van der Waals surface area (Å²) < 4.78 is 0. The molecule has 0 aromatic heterocycles. The number of nitrogens with one attached hydrogen (secondary N) is 2. The van der Waals surface area contributed by atoms with Crippen LogP contribution < -0.4 is 10.6 Å². The largest absolute Gasteiger partial charge is 0.351 e. The van der Waals surface area contributed by atoms with Gasteiger partial charge in [0, 0.05) is 6.04 Å². The molecule has 2 atom stereocenters. The van der Waals surface area contributed by atoms with Crippen LogP contribution in [-0.2, 0) is 9.59 Å². The molecule has 0 saturated carbocycles. The van der Waals surface area contributed by atoms with Crippen molar-refractivity contribution in [2.75, 3.05) is 31.3 Å². The molecule has 2 rings (SSSR count). The molecular weight excluding hydrogens is 238 g/mol. The Morgan fingerprint density at radius 1 is 1.65 bits per heavy atom. The summed E-state index contributed by atoms with van der Waals surface area (Å²) in [7, 11) is 0. The molecular formula is C11H19N3O2S. The van der Waals surface area contributed by atoms with E-state index in [4.69, 9.17) is 0 Å². The molecule has 0 aromatic carbocycles. The lowest BCUT2D eigenvalue weighted by molar-refractivity contribution is -0.132. The van der Waals surface area contributed by atoms with E-state index in [1.54, 1.807) is 16.7 Å². The maximum absolute atomic E-state index is 11.8. The summed E-state index contributed by atoms with van der Waals surface area (Å²) in [6, 6.07) is 0.245. The van der Waals surface area contributed by atoms with E-state index in [1.165, 1.54) is 0 Å². The normalized spacial score (nSPS) is 29.5. The lowest BCUT2D eigenvalue weighted by atomic mass is 9.95. The fraction of sp³-hybridized carbons (Fsp3) is 0.818. The van der Waals surface area contributed by atoms with Gasteiger partial charge >= 0.3 is 0 Å². The van der Waals surface area contributed by atoms with Crippen molar-refractivity contribution < 1.29 is 9.59 Å². The molecule has 2 saturated heterocycles. The van der Waals surface area contributed by atoms with Crippen molar-refractivity contribution in [2.45, 2.75) is 19.4 Å². The van der Waals surface area contributed by atoms with E-state index in [0.717, 1.165) is 19.5 Å². The van der Waals surface area contributed by atoms with E-state index in [1.807, 2.05) is 0 Å². The number of thioether (sulfide) groups is 1. The van der Waals surface area contributed by atoms with Gasteiger partial charge in [0.25, 0.3) is 0 Å². The van der Waals surface area contributed by atoms with Crippen LogP contribution in [0.2, 0.25) is 0 Å². The average Bonchev–Trinajstić information content (AvgIpc) is 2.68. The summed E-state index contributed by atoms with van der Waals surface area (Å²) in [6.45, 7) is 4.24. The minimum Gasteiger partial charge on any atom is -0.351 e. The summed E-state index contributed by atoms with van der Waals surface area (Å²) >= 11 is 1.57. The fourth-order valence-corrected chi connectivity index (χ4v) is 3.10. The Kier molecular flexibility index (Phi) is 4.28. The molecule has 6 heteroatoms. The summed E-state index contributed by atoms with van der Waals surface area (Å²) in [6.07, 6.45) is 0.968. The van der Waals surface area contributed by atoms with E-state index in [2.05, 4.69) is 17.6 Å². The van der Waals surface area contributed by atoms with Gasteiger partial charge in [-0.15, -0.1) is 11.8 Å². The Balaban J connectivity index is 1.78. The van der Waals surface area contributed by atoms with E-state index >= 15 is 0 Å². The van der Waals surface area contributed by atoms with E-state index in [0.29, 0.717) is 17.5 Å². The fourth-order valence-electron chi connectivity index (χ4n) is 2.19. The molecule has 2 aliphatic rings. The molecule has 17 heavy (non-hydrogen) atoms. The molecule has 96 valence electrons. The van der Waals surface area contributed by atoms with Gasteiger partial charge in [-0.2, -0.15) is 0 Å². The Hall–Kier alpha value is -0.750. The van der Waals surface area contributed by atoms with Crippen LogP contribution in [0.3, 0.4) is 0 Å². The van der Waals surface area contributed by atoms with Crippen LogP contribution in [0.15, 0.2) is 0 Å². The highest BCUT2D eigenvalue weighted by atomic mass is 32.2. The first kappa shape index (κ1) is 12.7. The van der Waals surface area contributed by atoms with Crippen LogP contribution in [0.25, 0.3) is 0 Å². The number of hydrogen-bond donors (Lipinski definition) is 2. The lowest BCUT2D eigenvalue weighted by Crippen LogP contribution is -2.50. The van der Waals surface area contributed by atoms with Crippen LogP contribution in [0.1, 0.15) is 13.3 Å². The molecule has 5 nitrogen and oxygen atoms in total. The number of piperidine rings is 1. The maximum Gasteiger partial charge on any atom is 0.239 e. The molecule has 2 N–H and O–H groups in total. The predicted molar refractivity (Wildman–Crippen MR) is 67.6 cm³/mol. The molecule has 0 aliphatic carbocycles. The quantitative estimate of drug-likeness (QED) is 0.724. The predicted octanol–water partition coefficient (Wildman–Crippen LogP) is -0.366. The van der Waals surface area contributed by atoms with Crippen molar-refractivity contribution in [2.24, 2.45) is 5.92 Å². The molecule has 0 radical (unpaired) electrons. The molecule has 2 fully saturated rings. The first-order valence-corrected chi connectivity index (χ1v) is 7.18.